The van der Waals surface area contributed by atoms with Gasteiger partial charge in [0.1, 0.15) is 6.67 Å². The maximum atomic E-state index is 12.7. The molecule has 0 unspecified atom stereocenters. The van der Waals surface area contributed by atoms with Crippen LogP contribution >= 0.6 is 11.8 Å². The lowest BCUT2D eigenvalue weighted by Crippen LogP contribution is -1.95. The molecule has 0 bridgehead atoms. The number of nitro benzene ring substituents is 1. The third-order valence-corrected chi connectivity index (χ3v) is 3.00. The van der Waals surface area contributed by atoms with Crippen molar-refractivity contribution in [3.8, 4) is 11.3 Å². The molecule has 0 aliphatic heterocycles. The first-order valence-corrected chi connectivity index (χ1v) is 6.59. The van der Waals surface area contributed by atoms with Crippen molar-refractivity contribution in [2.24, 2.45) is 0 Å². The van der Waals surface area contributed by atoms with E-state index in [9.17, 15) is 14.5 Å². The van der Waals surface area contributed by atoms with Gasteiger partial charge in [-0.05, 0) is 24.5 Å². The zero-order chi connectivity index (χ0) is 13.8. The molecule has 0 aliphatic carbocycles. The predicted molar refractivity (Wildman–Crippen MR) is 70.7 cm³/mol. The molecule has 98 valence electrons. The Labute approximate surface area is 113 Å². The maximum absolute atomic E-state index is 12.7. The molecule has 0 saturated carbocycles. The Morgan fingerprint density at radius 2 is 2.00 bits per heavy atom. The Kier molecular flexibility index (Phi) is 4.06. The Balaban J connectivity index is 2.42. The highest BCUT2D eigenvalue weighted by Gasteiger charge is 2.09. The number of benzene rings is 1. The fraction of sp³-hybridized carbons (Fsp3) is 0.167. The lowest BCUT2D eigenvalue weighted by Gasteiger charge is -2.04. The number of non-ortho nitro benzene ring substituents is 1. The fourth-order valence-electron chi connectivity index (χ4n) is 1.53. The molecule has 0 fully saturated rings. The van der Waals surface area contributed by atoms with Gasteiger partial charge in [0.2, 0.25) is 0 Å². The molecule has 0 atom stereocenters. The average Bonchev–Trinajstić information content (AvgIpc) is 2.46. The number of rotatable bonds is 4. The van der Waals surface area contributed by atoms with Crippen LogP contribution in [0, 0.1) is 10.1 Å². The van der Waals surface area contributed by atoms with Crippen LogP contribution in [0.2, 0.25) is 0 Å². The summed E-state index contributed by atoms with van der Waals surface area (Å²) in [7, 11) is 0. The van der Waals surface area contributed by atoms with Gasteiger partial charge in [0.15, 0.2) is 5.16 Å². The number of halogens is 1. The SMILES string of the molecule is CSc1nc(CF)cc(-c2ccc([N+](=O)[O-])cc2)n1. The van der Waals surface area contributed by atoms with E-state index in [2.05, 4.69) is 9.97 Å². The van der Waals surface area contributed by atoms with Crippen LogP contribution in [-0.2, 0) is 6.67 Å². The average molecular weight is 279 g/mol. The minimum atomic E-state index is -0.671. The van der Waals surface area contributed by atoms with Crippen molar-refractivity contribution >= 4 is 17.4 Å². The molecule has 2 aromatic rings. The molecular formula is C12H10FN3O2S. The summed E-state index contributed by atoms with van der Waals surface area (Å²) in [6.07, 6.45) is 1.80. The van der Waals surface area contributed by atoms with E-state index in [1.54, 1.807) is 24.5 Å². The second-order valence-corrected chi connectivity index (χ2v) is 4.44. The van der Waals surface area contributed by atoms with Gasteiger partial charge in [-0.3, -0.25) is 10.1 Å². The van der Waals surface area contributed by atoms with Gasteiger partial charge in [0, 0.05) is 17.7 Å². The maximum Gasteiger partial charge on any atom is 0.269 e. The van der Waals surface area contributed by atoms with Gasteiger partial charge < -0.3 is 0 Å². The van der Waals surface area contributed by atoms with Gasteiger partial charge >= 0.3 is 0 Å². The van der Waals surface area contributed by atoms with Crippen LogP contribution in [0.3, 0.4) is 0 Å². The van der Waals surface area contributed by atoms with Gasteiger partial charge in [-0.1, -0.05) is 11.8 Å². The Bertz CT molecular complexity index is 582. The quantitative estimate of drug-likeness (QED) is 0.372. The molecular weight excluding hydrogens is 269 g/mol. The molecule has 1 heterocycles. The van der Waals surface area contributed by atoms with Crippen molar-refractivity contribution in [2.45, 2.75) is 11.8 Å². The molecule has 1 aromatic carbocycles. The minimum Gasteiger partial charge on any atom is -0.258 e. The van der Waals surface area contributed by atoms with Crippen LogP contribution in [0.5, 0.6) is 0 Å². The van der Waals surface area contributed by atoms with Crippen LogP contribution < -0.4 is 0 Å². The summed E-state index contributed by atoms with van der Waals surface area (Å²) in [5.74, 6) is 0. The first-order chi connectivity index (χ1) is 9.13. The van der Waals surface area contributed by atoms with Crippen LogP contribution in [0.15, 0.2) is 35.5 Å². The summed E-state index contributed by atoms with van der Waals surface area (Å²) in [5.41, 5.74) is 1.56. The van der Waals surface area contributed by atoms with E-state index in [0.717, 1.165) is 0 Å². The van der Waals surface area contributed by atoms with E-state index in [-0.39, 0.29) is 5.69 Å². The number of hydrogen-bond donors (Lipinski definition) is 0. The fourth-order valence-corrected chi connectivity index (χ4v) is 1.93. The topological polar surface area (TPSA) is 68.9 Å². The molecule has 5 nitrogen and oxygen atoms in total. The largest absolute Gasteiger partial charge is 0.269 e. The van der Waals surface area contributed by atoms with Gasteiger partial charge in [-0.2, -0.15) is 0 Å². The van der Waals surface area contributed by atoms with Crippen molar-refractivity contribution in [2.75, 3.05) is 6.26 Å². The third kappa shape index (κ3) is 3.05. The molecule has 0 saturated heterocycles. The van der Waals surface area contributed by atoms with E-state index in [4.69, 9.17) is 0 Å². The van der Waals surface area contributed by atoms with Crippen molar-refractivity contribution in [3.63, 3.8) is 0 Å². The molecule has 0 aliphatic rings. The van der Waals surface area contributed by atoms with Crippen LogP contribution in [-0.4, -0.2) is 21.1 Å². The highest BCUT2D eigenvalue weighted by molar-refractivity contribution is 7.98. The van der Waals surface area contributed by atoms with Gasteiger partial charge in [-0.25, -0.2) is 14.4 Å². The number of thioether (sulfide) groups is 1. The van der Waals surface area contributed by atoms with Crippen molar-refractivity contribution in [3.05, 3.63) is 46.1 Å². The Morgan fingerprint density at radius 3 is 2.53 bits per heavy atom. The highest BCUT2D eigenvalue weighted by atomic mass is 32.2. The number of nitrogens with zero attached hydrogens (tertiary/aromatic N) is 3. The van der Waals surface area contributed by atoms with Gasteiger partial charge in [-0.15, -0.1) is 0 Å². The van der Waals surface area contributed by atoms with E-state index in [1.807, 2.05) is 0 Å². The van der Waals surface area contributed by atoms with Crippen LogP contribution in [0.1, 0.15) is 5.69 Å². The molecule has 7 heteroatoms. The Morgan fingerprint density at radius 1 is 1.32 bits per heavy atom. The summed E-state index contributed by atoms with van der Waals surface area (Å²) in [6, 6.07) is 7.51. The molecule has 2 rings (SSSR count). The highest BCUT2D eigenvalue weighted by Crippen LogP contribution is 2.23. The van der Waals surface area contributed by atoms with E-state index < -0.39 is 11.6 Å². The first kappa shape index (κ1) is 13.4. The smallest absolute Gasteiger partial charge is 0.258 e. The van der Waals surface area contributed by atoms with E-state index in [0.29, 0.717) is 22.1 Å². The second kappa shape index (κ2) is 5.75. The van der Waals surface area contributed by atoms with Gasteiger partial charge in [0.05, 0.1) is 16.3 Å². The molecule has 0 spiro atoms. The first-order valence-electron chi connectivity index (χ1n) is 5.37. The summed E-state index contributed by atoms with van der Waals surface area (Å²) in [6.45, 7) is -0.671. The second-order valence-electron chi connectivity index (χ2n) is 3.67. The minimum absolute atomic E-state index is 0.00797. The third-order valence-electron chi connectivity index (χ3n) is 2.45. The van der Waals surface area contributed by atoms with Crippen molar-refractivity contribution < 1.29 is 9.31 Å². The zero-order valence-electron chi connectivity index (χ0n) is 10.0. The molecule has 0 amide bonds. The molecule has 0 N–H and O–H groups in total. The molecule has 0 radical (unpaired) electrons. The predicted octanol–water partition coefficient (Wildman–Crippen LogP) is 3.24. The number of hydrogen-bond acceptors (Lipinski definition) is 5. The zero-order valence-corrected chi connectivity index (χ0v) is 10.9. The van der Waals surface area contributed by atoms with Crippen molar-refractivity contribution in [1.29, 1.82) is 0 Å². The van der Waals surface area contributed by atoms with E-state index >= 15 is 0 Å². The standard InChI is InChI=1S/C12H10FN3O2S/c1-19-12-14-9(7-13)6-11(15-12)8-2-4-10(5-3-8)16(17)18/h2-6H,7H2,1H3. The lowest BCUT2D eigenvalue weighted by molar-refractivity contribution is -0.384. The normalized spacial score (nSPS) is 10.4. The number of nitro groups is 1. The summed E-state index contributed by atoms with van der Waals surface area (Å²) >= 11 is 1.32. The van der Waals surface area contributed by atoms with Gasteiger partial charge in [0.25, 0.3) is 5.69 Å². The monoisotopic (exact) mass is 279 g/mol. The van der Waals surface area contributed by atoms with E-state index in [1.165, 1.54) is 23.9 Å². The summed E-state index contributed by atoms with van der Waals surface area (Å²) in [4.78, 5) is 18.4. The Hall–Kier alpha value is -2.02. The lowest BCUT2D eigenvalue weighted by atomic mass is 10.1. The number of aromatic nitrogens is 2. The molecule has 1 aromatic heterocycles. The summed E-state index contributed by atoms with van der Waals surface area (Å²) < 4.78 is 12.7. The van der Waals surface area contributed by atoms with Crippen LogP contribution in [0.25, 0.3) is 11.3 Å². The molecule has 19 heavy (non-hydrogen) atoms. The van der Waals surface area contributed by atoms with Crippen molar-refractivity contribution in [1.82, 2.24) is 9.97 Å². The summed E-state index contributed by atoms with van der Waals surface area (Å²) in [5, 5.41) is 11.1. The van der Waals surface area contributed by atoms with Crippen LogP contribution in [0.4, 0.5) is 10.1 Å². The number of alkyl halides is 1.